The molecule has 0 radical (unpaired) electrons. The van der Waals surface area contributed by atoms with E-state index in [9.17, 15) is 18.9 Å². The number of halogens is 2. The normalized spacial score (nSPS) is 15.0. The molecule has 0 unspecified atom stereocenters. The summed E-state index contributed by atoms with van der Waals surface area (Å²) in [5.41, 5.74) is -1.48. The third-order valence-electron chi connectivity index (χ3n) is 3.29. The molecule has 1 aliphatic heterocycles. The molecule has 2 heterocycles. The van der Waals surface area contributed by atoms with Gasteiger partial charge in [0.05, 0.1) is 4.92 Å². The van der Waals surface area contributed by atoms with Gasteiger partial charge >= 0.3 is 5.69 Å². The Morgan fingerprint density at radius 2 is 2.19 bits per heavy atom. The van der Waals surface area contributed by atoms with Crippen LogP contribution in [-0.4, -0.2) is 28.2 Å². The summed E-state index contributed by atoms with van der Waals surface area (Å²) >= 11 is 0. The third-order valence-corrected chi connectivity index (χ3v) is 3.29. The van der Waals surface area contributed by atoms with Crippen LogP contribution in [0.2, 0.25) is 0 Å². The highest BCUT2D eigenvalue weighted by Gasteiger charge is 2.27. The van der Waals surface area contributed by atoms with Gasteiger partial charge in [0, 0.05) is 12.5 Å². The standard InChI is InChI=1S/C12H10F2N4O3/c13-7-1-2-8(18(19)20)11(14)10(7)12-16-9(21-17-12)3-6-4-15-5-6/h1-2,6,15H,3-5H2. The first kappa shape index (κ1) is 13.6. The molecule has 1 fully saturated rings. The third kappa shape index (κ3) is 2.47. The molecule has 7 nitrogen and oxygen atoms in total. The maximum absolute atomic E-state index is 14.0. The number of rotatable bonds is 4. The van der Waals surface area contributed by atoms with Gasteiger partial charge in [0.1, 0.15) is 11.4 Å². The maximum Gasteiger partial charge on any atom is 0.305 e. The second-order valence-corrected chi connectivity index (χ2v) is 4.75. The average molecular weight is 296 g/mol. The Hall–Kier alpha value is -2.42. The minimum atomic E-state index is -1.31. The quantitative estimate of drug-likeness (QED) is 0.681. The summed E-state index contributed by atoms with van der Waals surface area (Å²) in [5.74, 6) is -2.01. The van der Waals surface area contributed by atoms with Gasteiger partial charge in [0.15, 0.2) is 0 Å². The van der Waals surface area contributed by atoms with Gasteiger partial charge in [0.2, 0.25) is 17.5 Å². The largest absolute Gasteiger partial charge is 0.339 e. The fraction of sp³-hybridized carbons (Fsp3) is 0.333. The molecule has 3 rings (SSSR count). The first-order chi connectivity index (χ1) is 10.1. The molecule has 21 heavy (non-hydrogen) atoms. The number of nitro benzene ring substituents is 1. The van der Waals surface area contributed by atoms with Crippen molar-refractivity contribution in [1.29, 1.82) is 0 Å². The van der Waals surface area contributed by atoms with Gasteiger partial charge < -0.3 is 9.84 Å². The Bertz CT molecular complexity index is 700. The molecule has 0 atom stereocenters. The molecule has 0 saturated carbocycles. The van der Waals surface area contributed by atoms with Crippen LogP contribution < -0.4 is 5.32 Å². The van der Waals surface area contributed by atoms with Gasteiger partial charge in [-0.05, 0) is 25.1 Å². The molecular weight excluding hydrogens is 286 g/mol. The fourth-order valence-corrected chi connectivity index (χ4v) is 2.07. The summed E-state index contributed by atoms with van der Waals surface area (Å²) in [4.78, 5) is 13.7. The van der Waals surface area contributed by atoms with E-state index in [2.05, 4.69) is 15.5 Å². The number of hydrogen-bond acceptors (Lipinski definition) is 6. The molecular formula is C12H10F2N4O3. The molecule has 1 saturated heterocycles. The van der Waals surface area contributed by atoms with Crippen LogP contribution in [0.5, 0.6) is 0 Å². The van der Waals surface area contributed by atoms with Crippen LogP contribution in [0.1, 0.15) is 5.89 Å². The lowest BCUT2D eigenvalue weighted by Gasteiger charge is -2.25. The molecule has 0 bridgehead atoms. The van der Waals surface area contributed by atoms with E-state index < -0.39 is 27.8 Å². The second kappa shape index (κ2) is 5.17. The van der Waals surface area contributed by atoms with E-state index in [-0.39, 0.29) is 11.7 Å². The van der Waals surface area contributed by atoms with E-state index in [1.807, 2.05) is 0 Å². The fourth-order valence-electron chi connectivity index (χ4n) is 2.07. The molecule has 110 valence electrons. The SMILES string of the molecule is O=[N+]([O-])c1ccc(F)c(-c2noc(CC3CNC3)n2)c1F. The zero-order chi connectivity index (χ0) is 15.0. The lowest BCUT2D eigenvalue weighted by atomic mass is 10.00. The topological polar surface area (TPSA) is 94.1 Å². The minimum Gasteiger partial charge on any atom is -0.339 e. The lowest BCUT2D eigenvalue weighted by Crippen LogP contribution is -2.43. The van der Waals surface area contributed by atoms with Crippen LogP contribution >= 0.6 is 0 Å². The number of benzene rings is 1. The molecule has 9 heteroatoms. The van der Waals surface area contributed by atoms with E-state index in [4.69, 9.17) is 4.52 Å². The van der Waals surface area contributed by atoms with Crippen LogP contribution in [-0.2, 0) is 6.42 Å². The second-order valence-electron chi connectivity index (χ2n) is 4.75. The summed E-state index contributed by atoms with van der Waals surface area (Å²) < 4.78 is 32.7. The minimum absolute atomic E-state index is 0.252. The molecule has 1 N–H and O–H groups in total. The zero-order valence-electron chi connectivity index (χ0n) is 10.7. The summed E-state index contributed by atoms with van der Waals surface area (Å²) in [6.07, 6.45) is 0.498. The number of nitrogens with zero attached hydrogens (tertiary/aromatic N) is 3. The van der Waals surface area contributed by atoms with Crippen molar-refractivity contribution in [3.8, 4) is 11.4 Å². The van der Waals surface area contributed by atoms with Crippen LogP contribution in [0, 0.1) is 27.7 Å². The summed E-state index contributed by atoms with van der Waals surface area (Å²) in [6.45, 7) is 1.63. The number of nitro groups is 1. The van der Waals surface area contributed by atoms with Crippen LogP contribution in [0.4, 0.5) is 14.5 Å². The zero-order valence-corrected chi connectivity index (χ0v) is 10.7. The van der Waals surface area contributed by atoms with E-state index in [1.165, 1.54) is 0 Å². The van der Waals surface area contributed by atoms with Gasteiger partial charge in [-0.1, -0.05) is 5.16 Å². The van der Waals surface area contributed by atoms with E-state index in [1.54, 1.807) is 0 Å². The molecule has 0 amide bonds. The first-order valence-corrected chi connectivity index (χ1v) is 6.22. The van der Waals surface area contributed by atoms with E-state index >= 15 is 0 Å². The van der Waals surface area contributed by atoms with Crippen LogP contribution in [0.15, 0.2) is 16.7 Å². The number of aromatic nitrogens is 2. The van der Waals surface area contributed by atoms with E-state index in [0.29, 0.717) is 12.3 Å². The van der Waals surface area contributed by atoms with Crippen molar-refractivity contribution in [3.63, 3.8) is 0 Å². The van der Waals surface area contributed by atoms with Crippen molar-refractivity contribution in [2.24, 2.45) is 5.92 Å². The molecule has 2 aromatic rings. The van der Waals surface area contributed by atoms with Crippen LogP contribution in [0.25, 0.3) is 11.4 Å². The van der Waals surface area contributed by atoms with Crippen molar-refractivity contribution in [3.05, 3.63) is 39.8 Å². The van der Waals surface area contributed by atoms with Gasteiger partial charge in [-0.25, -0.2) is 4.39 Å². The Morgan fingerprint density at radius 1 is 1.43 bits per heavy atom. The van der Waals surface area contributed by atoms with Gasteiger partial charge in [-0.2, -0.15) is 9.37 Å². The highest BCUT2D eigenvalue weighted by atomic mass is 19.1. The van der Waals surface area contributed by atoms with Gasteiger partial charge in [-0.3, -0.25) is 10.1 Å². The molecule has 1 aliphatic rings. The molecule has 0 aliphatic carbocycles. The monoisotopic (exact) mass is 296 g/mol. The smallest absolute Gasteiger partial charge is 0.305 e. The first-order valence-electron chi connectivity index (χ1n) is 6.22. The molecule has 1 aromatic carbocycles. The van der Waals surface area contributed by atoms with E-state index in [0.717, 1.165) is 25.2 Å². The molecule has 0 spiro atoms. The highest BCUT2D eigenvalue weighted by molar-refractivity contribution is 5.61. The lowest BCUT2D eigenvalue weighted by molar-refractivity contribution is -0.387. The summed E-state index contributed by atoms with van der Waals surface area (Å²) in [5, 5.41) is 17.3. The van der Waals surface area contributed by atoms with Crippen molar-refractivity contribution < 1.29 is 18.2 Å². The predicted octanol–water partition coefficient (Wildman–Crippen LogP) is 1.68. The average Bonchev–Trinajstić information content (AvgIpc) is 2.82. The number of hydrogen-bond donors (Lipinski definition) is 1. The maximum atomic E-state index is 14.0. The summed E-state index contributed by atoms with van der Waals surface area (Å²) in [6, 6.07) is 1.57. The Kier molecular flexibility index (Phi) is 3.34. The Labute approximate surface area is 117 Å². The Balaban J connectivity index is 1.95. The van der Waals surface area contributed by atoms with Gasteiger partial charge in [0.25, 0.3) is 0 Å². The Morgan fingerprint density at radius 3 is 2.81 bits per heavy atom. The number of nitrogens with one attached hydrogen (secondary N) is 1. The highest BCUT2D eigenvalue weighted by Crippen LogP contribution is 2.30. The van der Waals surface area contributed by atoms with Crippen LogP contribution in [0.3, 0.4) is 0 Å². The van der Waals surface area contributed by atoms with Crippen molar-refractivity contribution in [2.75, 3.05) is 13.1 Å². The van der Waals surface area contributed by atoms with Crippen molar-refractivity contribution >= 4 is 5.69 Å². The van der Waals surface area contributed by atoms with Crippen molar-refractivity contribution in [2.45, 2.75) is 6.42 Å². The summed E-state index contributed by atoms with van der Waals surface area (Å²) in [7, 11) is 0. The van der Waals surface area contributed by atoms with Crippen molar-refractivity contribution in [1.82, 2.24) is 15.5 Å². The van der Waals surface area contributed by atoms with Gasteiger partial charge in [-0.15, -0.1) is 0 Å². The predicted molar refractivity (Wildman–Crippen MR) is 66.4 cm³/mol. The molecule has 1 aromatic heterocycles.